The third-order valence-corrected chi connectivity index (χ3v) is 5.49. The van der Waals surface area contributed by atoms with Crippen LogP contribution in [0.4, 0.5) is 5.69 Å². The summed E-state index contributed by atoms with van der Waals surface area (Å²) in [6.07, 6.45) is 4.97. The van der Waals surface area contributed by atoms with Crippen LogP contribution in [-0.2, 0) is 9.59 Å². The Morgan fingerprint density at radius 2 is 1.88 bits per heavy atom. The molecule has 7 nitrogen and oxygen atoms in total. The fourth-order valence-corrected chi connectivity index (χ4v) is 3.59. The molecule has 1 saturated heterocycles. The molecule has 2 aromatic rings. The zero-order valence-corrected chi connectivity index (χ0v) is 19.4. The van der Waals surface area contributed by atoms with E-state index in [9.17, 15) is 9.59 Å². The SMILES string of the molecule is C=CCOc1ccc(/C=C/C(=O)N2CCN(CC(=O)Nc3ccccc3Cl)CC2)cc1OC. The molecule has 0 aromatic heterocycles. The zero-order valence-electron chi connectivity index (χ0n) is 18.6. The van der Waals surface area contributed by atoms with E-state index in [2.05, 4.69) is 11.9 Å². The first kappa shape index (κ1) is 24.4. The summed E-state index contributed by atoms with van der Waals surface area (Å²) in [4.78, 5) is 28.7. The van der Waals surface area contributed by atoms with Crippen LogP contribution in [0, 0.1) is 0 Å². The number of ether oxygens (including phenoxy) is 2. The van der Waals surface area contributed by atoms with E-state index in [4.69, 9.17) is 21.1 Å². The van der Waals surface area contributed by atoms with Gasteiger partial charge in [0.25, 0.3) is 0 Å². The standard InChI is InChI=1S/C25H28ClN3O4/c1-3-16-33-22-10-8-19(17-23(22)32-2)9-11-25(31)29-14-12-28(13-15-29)18-24(30)27-21-7-5-4-6-20(21)26/h3-11,17H,1,12-16,18H2,2H3,(H,27,30)/b11-9+. The van der Waals surface area contributed by atoms with E-state index in [1.54, 1.807) is 48.4 Å². The lowest BCUT2D eigenvalue weighted by Gasteiger charge is -2.33. The number of methoxy groups -OCH3 is 1. The van der Waals surface area contributed by atoms with Crippen LogP contribution in [0.2, 0.25) is 5.02 Å². The zero-order chi connectivity index (χ0) is 23.6. The molecule has 1 fully saturated rings. The van der Waals surface area contributed by atoms with Gasteiger partial charge in [0.1, 0.15) is 6.61 Å². The third kappa shape index (κ3) is 7.10. The van der Waals surface area contributed by atoms with Crippen molar-refractivity contribution in [2.75, 3.05) is 51.8 Å². The maximum Gasteiger partial charge on any atom is 0.246 e. The first-order valence-electron chi connectivity index (χ1n) is 10.7. The number of carbonyl (C=O) groups excluding carboxylic acids is 2. The van der Waals surface area contributed by atoms with Crippen molar-refractivity contribution in [2.24, 2.45) is 0 Å². The molecule has 1 heterocycles. The molecule has 8 heteroatoms. The number of benzene rings is 2. The quantitative estimate of drug-likeness (QED) is 0.448. The molecule has 2 amide bonds. The molecular weight excluding hydrogens is 442 g/mol. The summed E-state index contributed by atoms with van der Waals surface area (Å²) in [7, 11) is 1.57. The van der Waals surface area contributed by atoms with Crippen LogP contribution in [0.5, 0.6) is 11.5 Å². The molecule has 0 saturated carbocycles. The number of nitrogens with zero attached hydrogens (tertiary/aromatic N) is 2. The van der Waals surface area contributed by atoms with Crippen molar-refractivity contribution in [3.8, 4) is 11.5 Å². The highest BCUT2D eigenvalue weighted by Gasteiger charge is 2.21. The molecule has 3 rings (SSSR count). The van der Waals surface area contributed by atoms with Gasteiger partial charge in [-0.1, -0.05) is 42.5 Å². The number of para-hydroxylation sites is 1. The number of rotatable bonds is 9. The summed E-state index contributed by atoms with van der Waals surface area (Å²) < 4.78 is 10.9. The van der Waals surface area contributed by atoms with Crippen molar-refractivity contribution >= 4 is 35.2 Å². The number of hydrogen-bond acceptors (Lipinski definition) is 5. The average Bonchev–Trinajstić information content (AvgIpc) is 2.83. The Labute approximate surface area is 199 Å². The fourth-order valence-electron chi connectivity index (χ4n) is 3.41. The van der Waals surface area contributed by atoms with E-state index < -0.39 is 0 Å². The van der Waals surface area contributed by atoms with Gasteiger partial charge in [-0.05, 0) is 35.9 Å². The minimum Gasteiger partial charge on any atom is -0.493 e. The average molecular weight is 470 g/mol. The van der Waals surface area contributed by atoms with Gasteiger partial charge in [-0.15, -0.1) is 0 Å². The summed E-state index contributed by atoms with van der Waals surface area (Å²) in [5.74, 6) is 1.02. The number of hydrogen-bond donors (Lipinski definition) is 1. The van der Waals surface area contributed by atoms with E-state index in [1.165, 1.54) is 0 Å². The molecule has 1 aliphatic rings. The number of carbonyl (C=O) groups is 2. The number of anilines is 1. The van der Waals surface area contributed by atoms with Gasteiger partial charge in [0.2, 0.25) is 11.8 Å². The minimum atomic E-state index is -0.128. The van der Waals surface area contributed by atoms with Gasteiger partial charge in [0.15, 0.2) is 11.5 Å². The van der Waals surface area contributed by atoms with E-state index in [0.29, 0.717) is 55.0 Å². The lowest BCUT2D eigenvalue weighted by molar-refractivity contribution is -0.127. The molecular formula is C25H28ClN3O4. The van der Waals surface area contributed by atoms with Crippen molar-refractivity contribution in [1.29, 1.82) is 0 Å². The van der Waals surface area contributed by atoms with Gasteiger partial charge in [-0.25, -0.2) is 0 Å². The molecule has 0 radical (unpaired) electrons. The van der Waals surface area contributed by atoms with Crippen LogP contribution in [-0.4, -0.2) is 68.1 Å². The Balaban J connectivity index is 1.48. The summed E-state index contributed by atoms with van der Waals surface area (Å²) in [6, 6.07) is 12.6. The first-order chi connectivity index (χ1) is 16.0. The van der Waals surface area contributed by atoms with E-state index in [-0.39, 0.29) is 18.4 Å². The van der Waals surface area contributed by atoms with Crippen LogP contribution in [0.15, 0.2) is 61.2 Å². The van der Waals surface area contributed by atoms with E-state index in [1.807, 2.05) is 29.2 Å². The minimum absolute atomic E-state index is 0.0684. The van der Waals surface area contributed by atoms with Crippen LogP contribution in [0.25, 0.3) is 6.08 Å². The van der Waals surface area contributed by atoms with Gasteiger partial charge in [-0.3, -0.25) is 14.5 Å². The maximum atomic E-state index is 12.6. The van der Waals surface area contributed by atoms with Crippen LogP contribution < -0.4 is 14.8 Å². The van der Waals surface area contributed by atoms with Gasteiger partial charge in [0.05, 0.1) is 24.4 Å². The molecule has 0 aliphatic carbocycles. The van der Waals surface area contributed by atoms with Gasteiger partial charge < -0.3 is 19.7 Å². The van der Waals surface area contributed by atoms with Crippen molar-refractivity contribution in [3.05, 3.63) is 71.8 Å². The fraction of sp³-hybridized carbons (Fsp3) is 0.280. The van der Waals surface area contributed by atoms with E-state index >= 15 is 0 Å². The van der Waals surface area contributed by atoms with Gasteiger partial charge >= 0.3 is 0 Å². The second-order valence-corrected chi connectivity index (χ2v) is 7.88. The van der Waals surface area contributed by atoms with Crippen molar-refractivity contribution in [2.45, 2.75) is 0 Å². The predicted molar refractivity (Wildman–Crippen MR) is 131 cm³/mol. The Hall–Kier alpha value is -3.29. The van der Waals surface area contributed by atoms with Crippen LogP contribution in [0.3, 0.4) is 0 Å². The third-order valence-electron chi connectivity index (χ3n) is 5.16. The number of halogens is 1. The predicted octanol–water partition coefficient (Wildman–Crippen LogP) is 3.71. The van der Waals surface area contributed by atoms with Gasteiger partial charge in [0, 0.05) is 32.3 Å². The summed E-state index contributed by atoms with van der Waals surface area (Å²) in [5, 5.41) is 3.33. The van der Waals surface area contributed by atoms with Crippen molar-refractivity contribution in [3.63, 3.8) is 0 Å². The topological polar surface area (TPSA) is 71.1 Å². The lowest BCUT2D eigenvalue weighted by atomic mass is 10.2. The summed E-state index contributed by atoms with van der Waals surface area (Å²) >= 11 is 6.09. The highest BCUT2D eigenvalue weighted by Crippen LogP contribution is 2.28. The van der Waals surface area contributed by atoms with E-state index in [0.717, 1.165) is 5.56 Å². The number of nitrogens with one attached hydrogen (secondary N) is 1. The highest BCUT2D eigenvalue weighted by molar-refractivity contribution is 6.33. The van der Waals surface area contributed by atoms with Crippen LogP contribution in [0.1, 0.15) is 5.56 Å². The number of amides is 2. The van der Waals surface area contributed by atoms with Crippen molar-refractivity contribution < 1.29 is 19.1 Å². The Bertz CT molecular complexity index is 1020. The Kier molecular flexibility index (Phi) is 8.92. The molecule has 2 aromatic carbocycles. The smallest absolute Gasteiger partial charge is 0.246 e. The molecule has 1 N–H and O–H groups in total. The first-order valence-corrected chi connectivity index (χ1v) is 11.0. The van der Waals surface area contributed by atoms with Crippen molar-refractivity contribution in [1.82, 2.24) is 9.80 Å². The van der Waals surface area contributed by atoms with Gasteiger partial charge in [-0.2, -0.15) is 0 Å². The second kappa shape index (κ2) is 12.1. The summed E-state index contributed by atoms with van der Waals surface area (Å²) in [5.41, 5.74) is 1.43. The highest BCUT2D eigenvalue weighted by atomic mass is 35.5. The summed E-state index contributed by atoms with van der Waals surface area (Å²) in [6.45, 7) is 6.63. The Morgan fingerprint density at radius 3 is 2.58 bits per heavy atom. The second-order valence-electron chi connectivity index (χ2n) is 7.47. The molecule has 33 heavy (non-hydrogen) atoms. The maximum absolute atomic E-state index is 12.6. The van der Waals surface area contributed by atoms with Crippen LogP contribution >= 0.6 is 11.6 Å². The lowest BCUT2D eigenvalue weighted by Crippen LogP contribution is -2.50. The molecule has 1 aliphatic heterocycles. The monoisotopic (exact) mass is 469 g/mol. The Morgan fingerprint density at radius 1 is 1.12 bits per heavy atom. The molecule has 0 bridgehead atoms. The largest absolute Gasteiger partial charge is 0.493 e. The molecule has 0 unspecified atom stereocenters. The molecule has 0 atom stereocenters. The number of piperazine rings is 1. The molecule has 174 valence electrons. The normalized spacial score (nSPS) is 14.2. The molecule has 0 spiro atoms.